The molecule has 1 saturated heterocycles. The van der Waals surface area contributed by atoms with Gasteiger partial charge in [-0.2, -0.15) is 5.26 Å². The van der Waals surface area contributed by atoms with E-state index in [4.69, 9.17) is 10.7 Å². The Labute approximate surface area is 159 Å². The maximum atomic E-state index is 13.5. The molecule has 5 nitrogen and oxygen atoms in total. The molecule has 2 atom stereocenters. The highest BCUT2D eigenvalue weighted by Crippen LogP contribution is 2.43. The number of nitrogens with one attached hydrogen (secondary N) is 2. The van der Waals surface area contributed by atoms with Gasteiger partial charge in [-0.05, 0) is 24.6 Å². The second-order valence-electron chi connectivity index (χ2n) is 6.79. The van der Waals surface area contributed by atoms with Gasteiger partial charge in [0.05, 0.1) is 11.5 Å². The molecule has 27 heavy (non-hydrogen) atoms. The highest BCUT2D eigenvalue weighted by Gasteiger charge is 2.49. The van der Waals surface area contributed by atoms with Gasteiger partial charge >= 0.3 is 0 Å². The fourth-order valence-electron chi connectivity index (χ4n) is 3.28. The maximum Gasteiger partial charge on any atom is 0.270 e. The van der Waals surface area contributed by atoms with Crippen molar-refractivity contribution in [2.24, 2.45) is 0 Å². The van der Waals surface area contributed by atoms with Crippen LogP contribution >= 0.6 is 11.3 Å². The fraction of sp³-hybridized carbons (Fsp3) is 0.316. The second kappa shape index (κ2) is 6.43. The summed E-state index contributed by atoms with van der Waals surface area (Å²) in [5, 5.41) is 20.3. The average molecular weight is 388 g/mol. The lowest BCUT2D eigenvalue weighted by Crippen LogP contribution is -2.62. The average Bonchev–Trinajstić information content (AvgIpc) is 3.09. The Kier molecular flexibility index (Phi) is 4.52. The lowest BCUT2D eigenvalue weighted by Gasteiger charge is -2.45. The van der Waals surface area contributed by atoms with Crippen LogP contribution in [0.15, 0.2) is 36.4 Å². The topological polar surface area (TPSA) is 80.0 Å². The molecule has 0 bridgehead atoms. The standard InChI is InChI=1S/C19H18F2N4OS/c1-18(14-9-8-13(10-22)27-14)15(16(26)25(3)17(23)24-18)11-4-6-12(7-5-11)19(2,20)21/h4-9,15H,1-3H3,(H2,23,24)/t15-,18-/m1/s1. The van der Waals surface area contributed by atoms with Crippen LogP contribution in [0.2, 0.25) is 0 Å². The van der Waals surface area contributed by atoms with Gasteiger partial charge in [0.15, 0.2) is 5.96 Å². The Hall–Kier alpha value is -2.79. The molecule has 1 aliphatic heterocycles. The number of hydrogen-bond donors (Lipinski definition) is 2. The van der Waals surface area contributed by atoms with E-state index in [0.717, 1.165) is 11.8 Å². The molecule has 0 radical (unpaired) electrons. The Morgan fingerprint density at radius 2 is 1.93 bits per heavy atom. The van der Waals surface area contributed by atoms with Crippen LogP contribution in [0, 0.1) is 16.7 Å². The van der Waals surface area contributed by atoms with Crippen LogP contribution in [0.3, 0.4) is 0 Å². The summed E-state index contributed by atoms with van der Waals surface area (Å²) >= 11 is 1.24. The zero-order chi connectivity index (χ0) is 20.0. The second-order valence-corrected chi connectivity index (χ2v) is 7.88. The number of likely N-dealkylation sites (N-methyl/N-ethyl adjacent to an activating group) is 1. The number of thiophene rings is 1. The normalized spacial score (nSPS) is 23.1. The van der Waals surface area contributed by atoms with Gasteiger partial charge in [0.2, 0.25) is 5.91 Å². The monoisotopic (exact) mass is 388 g/mol. The molecule has 2 heterocycles. The zero-order valence-corrected chi connectivity index (χ0v) is 15.8. The predicted octanol–water partition coefficient (Wildman–Crippen LogP) is 3.73. The molecular formula is C19H18F2N4OS. The largest absolute Gasteiger partial charge is 0.345 e. The molecule has 2 N–H and O–H groups in total. The van der Waals surface area contributed by atoms with Crippen LogP contribution in [-0.4, -0.2) is 23.8 Å². The smallest absolute Gasteiger partial charge is 0.270 e. The first kappa shape index (κ1) is 19.0. The van der Waals surface area contributed by atoms with Crippen molar-refractivity contribution in [3.63, 3.8) is 0 Å². The van der Waals surface area contributed by atoms with Gasteiger partial charge < -0.3 is 5.32 Å². The molecular weight excluding hydrogens is 370 g/mol. The Morgan fingerprint density at radius 1 is 1.30 bits per heavy atom. The van der Waals surface area contributed by atoms with Crippen molar-refractivity contribution in [2.45, 2.75) is 31.2 Å². The number of guanidine groups is 1. The van der Waals surface area contributed by atoms with Gasteiger partial charge in [-0.1, -0.05) is 24.3 Å². The van der Waals surface area contributed by atoms with Crippen molar-refractivity contribution in [1.29, 1.82) is 10.7 Å². The highest BCUT2D eigenvalue weighted by atomic mass is 32.1. The molecule has 140 valence electrons. The number of benzene rings is 1. The lowest BCUT2D eigenvalue weighted by molar-refractivity contribution is -0.131. The molecule has 0 saturated carbocycles. The van der Waals surface area contributed by atoms with Crippen molar-refractivity contribution in [2.75, 3.05) is 7.05 Å². The van der Waals surface area contributed by atoms with E-state index >= 15 is 0 Å². The summed E-state index contributed by atoms with van der Waals surface area (Å²) in [6.45, 7) is 2.61. The van der Waals surface area contributed by atoms with Gasteiger partial charge in [0, 0.05) is 24.4 Å². The third-order valence-corrected chi connectivity index (χ3v) is 6.07. The number of nitriles is 1. The van der Waals surface area contributed by atoms with Gasteiger partial charge in [-0.25, -0.2) is 8.78 Å². The molecule has 1 fully saturated rings. The van der Waals surface area contributed by atoms with Crippen molar-refractivity contribution < 1.29 is 13.6 Å². The molecule has 0 spiro atoms. The molecule has 3 rings (SSSR count). The van der Waals surface area contributed by atoms with E-state index in [9.17, 15) is 13.6 Å². The minimum Gasteiger partial charge on any atom is -0.345 e. The third kappa shape index (κ3) is 3.19. The van der Waals surface area contributed by atoms with Gasteiger partial charge in [0.25, 0.3) is 5.92 Å². The zero-order valence-electron chi connectivity index (χ0n) is 15.0. The van der Waals surface area contributed by atoms with E-state index < -0.39 is 17.4 Å². The summed E-state index contributed by atoms with van der Waals surface area (Å²) < 4.78 is 27.1. The van der Waals surface area contributed by atoms with Crippen LogP contribution in [0.4, 0.5) is 8.78 Å². The van der Waals surface area contributed by atoms with Gasteiger partial charge in [-0.15, -0.1) is 11.3 Å². The Morgan fingerprint density at radius 3 is 2.44 bits per heavy atom. The number of carbonyl (C=O) groups excluding carboxylic acids is 1. The van der Waals surface area contributed by atoms with E-state index in [2.05, 4.69) is 11.4 Å². The molecule has 1 amide bonds. The van der Waals surface area contributed by atoms with Crippen LogP contribution in [0.25, 0.3) is 0 Å². The molecule has 8 heteroatoms. The van der Waals surface area contributed by atoms with Crippen LogP contribution < -0.4 is 5.32 Å². The first-order valence-electron chi connectivity index (χ1n) is 8.21. The summed E-state index contributed by atoms with van der Waals surface area (Å²) in [7, 11) is 1.49. The van der Waals surface area contributed by atoms with Crippen molar-refractivity contribution >= 4 is 23.2 Å². The first-order valence-corrected chi connectivity index (χ1v) is 9.02. The summed E-state index contributed by atoms with van der Waals surface area (Å²) in [5.41, 5.74) is -0.543. The Balaban J connectivity index is 2.11. The molecule has 1 aliphatic rings. The number of carbonyl (C=O) groups is 1. The van der Waals surface area contributed by atoms with Crippen LogP contribution in [0.5, 0.6) is 0 Å². The van der Waals surface area contributed by atoms with Gasteiger partial charge in [0.1, 0.15) is 10.9 Å². The van der Waals surface area contributed by atoms with Gasteiger partial charge in [-0.3, -0.25) is 15.1 Å². The molecule has 0 aliphatic carbocycles. The van der Waals surface area contributed by atoms with E-state index in [1.165, 1.54) is 47.5 Å². The number of halogens is 2. The molecule has 1 aromatic carbocycles. The van der Waals surface area contributed by atoms with Crippen LogP contribution in [0.1, 0.15) is 40.6 Å². The van der Waals surface area contributed by atoms with Crippen molar-refractivity contribution in [3.05, 3.63) is 57.3 Å². The quantitative estimate of drug-likeness (QED) is 0.841. The van der Waals surface area contributed by atoms with Crippen LogP contribution in [-0.2, 0) is 16.3 Å². The molecule has 1 aromatic heterocycles. The number of hydrogen-bond acceptors (Lipinski definition) is 4. The predicted molar refractivity (Wildman–Crippen MR) is 98.8 cm³/mol. The molecule has 0 unspecified atom stereocenters. The summed E-state index contributed by atoms with van der Waals surface area (Å²) in [4.78, 5) is 15.4. The van der Waals surface area contributed by atoms with Crippen molar-refractivity contribution in [3.8, 4) is 6.07 Å². The highest BCUT2D eigenvalue weighted by molar-refractivity contribution is 7.12. The minimum absolute atomic E-state index is 0.0534. The van der Waals surface area contributed by atoms with Crippen molar-refractivity contribution in [1.82, 2.24) is 10.2 Å². The van der Waals surface area contributed by atoms with E-state index in [1.807, 2.05) is 0 Å². The number of amides is 1. The maximum absolute atomic E-state index is 13.5. The number of alkyl halides is 2. The van der Waals surface area contributed by atoms with E-state index in [-0.39, 0.29) is 17.4 Å². The SMILES string of the molecule is CN1C(=N)N[C@](C)(c2ccc(C#N)s2)[C@H](c2ccc(C(C)(F)F)cc2)C1=O. The first-order chi connectivity index (χ1) is 12.6. The molecule has 2 aromatic rings. The third-order valence-electron chi connectivity index (χ3n) is 4.85. The summed E-state index contributed by atoms with van der Waals surface area (Å²) in [6.07, 6.45) is 0. The summed E-state index contributed by atoms with van der Waals surface area (Å²) in [5.74, 6) is -4.07. The minimum atomic E-state index is -2.97. The Bertz CT molecular complexity index is 942. The fourth-order valence-corrected chi connectivity index (χ4v) is 4.21. The summed E-state index contributed by atoms with van der Waals surface area (Å²) in [6, 6.07) is 11.2. The van der Waals surface area contributed by atoms with E-state index in [1.54, 1.807) is 19.1 Å². The number of rotatable bonds is 3. The lowest BCUT2D eigenvalue weighted by atomic mass is 9.76. The number of nitrogens with zero attached hydrogens (tertiary/aromatic N) is 2. The van der Waals surface area contributed by atoms with E-state index in [0.29, 0.717) is 10.4 Å².